The first-order valence-electron chi connectivity index (χ1n) is 8.08. The Bertz CT molecular complexity index is 730. The van der Waals surface area contributed by atoms with Gasteiger partial charge in [-0.1, -0.05) is 6.92 Å². The Morgan fingerprint density at radius 3 is 2.81 bits per heavy atom. The topological polar surface area (TPSA) is 73.6 Å². The number of hydrogen-bond acceptors (Lipinski definition) is 3. The Kier molecular flexibility index (Phi) is 3.10. The van der Waals surface area contributed by atoms with E-state index in [4.69, 9.17) is 0 Å². The van der Waals surface area contributed by atoms with Crippen LogP contribution in [0.4, 0.5) is 0 Å². The highest BCUT2D eigenvalue weighted by Gasteiger charge is 2.29. The Labute approximate surface area is 123 Å². The van der Waals surface area contributed by atoms with E-state index in [9.17, 15) is 4.79 Å². The number of nitrogens with one attached hydrogen (secondary N) is 3. The van der Waals surface area contributed by atoms with Crippen molar-refractivity contribution >= 4 is 11.0 Å². The lowest BCUT2D eigenvalue weighted by Crippen LogP contribution is -2.34. The van der Waals surface area contributed by atoms with Gasteiger partial charge < -0.3 is 10.3 Å². The van der Waals surface area contributed by atoms with Gasteiger partial charge in [0.25, 0.3) is 5.56 Å². The van der Waals surface area contributed by atoms with Crippen molar-refractivity contribution in [3.05, 3.63) is 27.2 Å². The molecule has 0 spiro atoms. The van der Waals surface area contributed by atoms with Crippen LogP contribution in [0, 0.1) is 5.92 Å². The van der Waals surface area contributed by atoms with Crippen LogP contribution in [0.5, 0.6) is 0 Å². The van der Waals surface area contributed by atoms with Gasteiger partial charge in [-0.2, -0.15) is 5.10 Å². The van der Waals surface area contributed by atoms with Gasteiger partial charge in [-0.15, -0.1) is 0 Å². The third-order valence-corrected chi connectivity index (χ3v) is 5.21. The predicted molar refractivity (Wildman–Crippen MR) is 82.7 cm³/mol. The fraction of sp³-hybridized carbons (Fsp3) is 0.625. The van der Waals surface area contributed by atoms with Gasteiger partial charge in [0.1, 0.15) is 5.65 Å². The van der Waals surface area contributed by atoms with Crippen molar-refractivity contribution < 1.29 is 0 Å². The lowest BCUT2D eigenvalue weighted by atomic mass is 9.82. The highest BCUT2D eigenvalue weighted by atomic mass is 16.1. The monoisotopic (exact) mass is 286 g/mol. The molecule has 1 aliphatic heterocycles. The maximum atomic E-state index is 12.2. The minimum absolute atomic E-state index is 0.0748. The fourth-order valence-electron chi connectivity index (χ4n) is 4.06. The molecule has 1 saturated heterocycles. The molecule has 2 aliphatic rings. The fourth-order valence-corrected chi connectivity index (χ4v) is 4.06. The van der Waals surface area contributed by atoms with Gasteiger partial charge in [-0.3, -0.25) is 9.89 Å². The summed E-state index contributed by atoms with van der Waals surface area (Å²) in [5.41, 5.74) is 4.33. The van der Waals surface area contributed by atoms with Gasteiger partial charge >= 0.3 is 0 Å². The predicted octanol–water partition coefficient (Wildman–Crippen LogP) is 1.84. The molecule has 5 heteroatoms. The van der Waals surface area contributed by atoms with Crippen LogP contribution in [0.15, 0.2) is 4.79 Å². The number of aryl methyl sites for hydroxylation is 1. The van der Waals surface area contributed by atoms with Gasteiger partial charge in [-0.25, -0.2) is 0 Å². The lowest BCUT2D eigenvalue weighted by Gasteiger charge is -2.29. The van der Waals surface area contributed by atoms with E-state index in [1.165, 1.54) is 23.1 Å². The van der Waals surface area contributed by atoms with Gasteiger partial charge in [0.15, 0.2) is 0 Å². The van der Waals surface area contributed by atoms with E-state index < -0.39 is 0 Å². The first kappa shape index (κ1) is 13.1. The SMILES string of the molecule is CC1CNCCC1c1n[nH]c2[nH]c(=O)c3c(c12)CCCC3. The first-order valence-corrected chi connectivity index (χ1v) is 8.08. The lowest BCUT2D eigenvalue weighted by molar-refractivity contribution is 0.345. The number of rotatable bonds is 1. The van der Waals surface area contributed by atoms with Crippen molar-refractivity contribution in [2.75, 3.05) is 13.1 Å². The number of aromatic nitrogens is 3. The normalized spacial score (nSPS) is 26.0. The second-order valence-electron chi connectivity index (χ2n) is 6.55. The van der Waals surface area contributed by atoms with E-state index in [0.717, 1.165) is 50.0 Å². The summed E-state index contributed by atoms with van der Waals surface area (Å²) in [5.74, 6) is 1.06. The molecule has 0 amide bonds. The third kappa shape index (κ3) is 2.02. The van der Waals surface area contributed by atoms with Crippen LogP contribution >= 0.6 is 0 Å². The second-order valence-corrected chi connectivity index (χ2v) is 6.55. The van der Waals surface area contributed by atoms with Crippen LogP contribution in [0.1, 0.15) is 48.9 Å². The molecule has 3 heterocycles. The minimum atomic E-state index is 0.0748. The van der Waals surface area contributed by atoms with Crippen molar-refractivity contribution in [3.8, 4) is 0 Å². The number of aromatic amines is 2. The van der Waals surface area contributed by atoms with Gasteiger partial charge in [0.2, 0.25) is 0 Å². The van der Waals surface area contributed by atoms with Crippen molar-refractivity contribution in [1.82, 2.24) is 20.5 Å². The molecule has 1 aliphatic carbocycles. The van der Waals surface area contributed by atoms with Crippen molar-refractivity contribution in [2.24, 2.45) is 5.92 Å². The molecule has 2 unspecified atom stereocenters. The molecule has 0 aromatic carbocycles. The molecular formula is C16H22N4O. The van der Waals surface area contributed by atoms with E-state index in [2.05, 4.69) is 27.4 Å². The van der Waals surface area contributed by atoms with Gasteiger partial charge in [0, 0.05) is 16.9 Å². The molecule has 0 radical (unpaired) electrons. The average Bonchev–Trinajstić information content (AvgIpc) is 2.92. The quantitative estimate of drug-likeness (QED) is 0.749. The van der Waals surface area contributed by atoms with Crippen LogP contribution < -0.4 is 10.9 Å². The van der Waals surface area contributed by atoms with E-state index in [0.29, 0.717) is 11.8 Å². The van der Waals surface area contributed by atoms with E-state index in [1.807, 2.05) is 0 Å². The van der Waals surface area contributed by atoms with Gasteiger partial charge in [0.05, 0.1) is 5.69 Å². The second kappa shape index (κ2) is 4.98. The van der Waals surface area contributed by atoms with Crippen LogP contribution in [0.2, 0.25) is 0 Å². The largest absolute Gasteiger partial charge is 0.316 e. The summed E-state index contributed by atoms with van der Waals surface area (Å²) in [5, 5.41) is 12.3. The molecule has 2 aromatic heterocycles. The number of pyridine rings is 1. The molecule has 21 heavy (non-hydrogen) atoms. The van der Waals surface area contributed by atoms with E-state index in [-0.39, 0.29) is 5.56 Å². The van der Waals surface area contributed by atoms with Crippen LogP contribution in [0.3, 0.4) is 0 Å². The first-order chi connectivity index (χ1) is 10.3. The maximum absolute atomic E-state index is 12.2. The number of piperidine rings is 1. The summed E-state index contributed by atoms with van der Waals surface area (Å²) in [6.45, 7) is 4.38. The van der Waals surface area contributed by atoms with E-state index >= 15 is 0 Å². The molecule has 5 nitrogen and oxygen atoms in total. The number of hydrogen-bond donors (Lipinski definition) is 3. The Hall–Kier alpha value is -1.62. The number of H-pyrrole nitrogens is 2. The van der Waals surface area contributed by atoms with Crippen LogP contribution in [0.25, 0.3) is 11.0 Å². The van der Waals surface area contributed by atoms with Crippen LogP contribution in [-0.4, -0.2) is 28.3 Å². The van der Waals surface area contributed by atoms with Crippen molar-refractivity contribution in [2.45, 2.75) is 44.9 Å². The summed E-state index contributed by atoms with van der Waals surface area (Å²) in [7, 11) is 0. The van der Waals surface area contributed by atoms with Crippen LogP contribution in [-0.2, 0) is 12.8 Å². The zero-order chi connectivity index (χ0) is 14.4. The molecule has 112 valence electrons. The standard InChI is InChI=1S/C16H22N4O/c1-9-8-17-7-6-10(9)14-13-11-4-2-3-5-12(11)16(21)18-15(13)20-19-14/h9-10,17H,2-8H2,1H3,(H2,18,19,20,21). The summed E-state index contributed by atoms with van der Waals surface area (Å²) in [4.78, 5) is 15.2. The van der Waals surface area contributed by atoms with E-state index in [1.54, 1.807) is 0 Å². The average molecular weight is 286 g/mol. The summed E-state index contributed by atoms with van der Waals surface area (Å²) in [6, 6.07) is 0. The molecule has 0 bridgehead atoms. The Morgan fingerprint density at radius 2 is 2.00 bits per heavy atom. The highest BCUT2D eigenvalue weighted by Crippen LogP contribution is 2.36. The maximum Gasteiger partial charge on any atom is 0.253 e. The molecule has 3 N–H and O–H groups in total. The minimum Gasteiger partial charge on any atom is -0.316 e. The molecule has 0 saturated carbocycles. The van der Waals surface area contributed by atoms with Crippen molar-refractivity contribution in [3.63, 3.8) is 0 Å². The molecule has 2 aromatic rings. The number of nitrogens with zero attached hydrogens (tertiary/aromatic N) is 1. The highest BCUT2D eigenvalue weighted by molar-refractivity contribution is 5.83. The smallest absolute Gasteiger partial charge is 0.253 e. The van der Waals surface area contributed by atoms with Crippen molar-refractivity contribution in [1.29, 1.82) is 0 Å². The Morgan fingerprint density at radius 1 is 1.19 bits per heavy atom. The molecule has 1 fully saturated rings. The third-order valence-electron chi connectivity index (χ3n) is 5.21. The van der Waals surface area contributed by atoms with Gasteiger partial charge in [-0.05, 0) is 56.7 Å². The summed E-state index contributed by atoms with van der Waals surface area (Å²) in [6.07, 6.45) is 5.35. The Balaban J connectivity index is 1.92. The molecule has 2 atom stereocenters. The molecular weight excluding hydrogens is 264 g/mol. The molecule has 4 rings (SSSR count). The summed E-state index contributed by atoms with van der Waals surface area (Å²) >= 11 is 0. The zero-order valence-electron chi connectivity index (χ0n) is 12.5. The summed E-state index contributed by atoms with van der Waals surface area (Å²) < 4.78 is 0. The number of fused-ring (bicyclic) bond motifs is 3. The zero-order valence-corrected chi connectivity index (χ0v) is 12.5.